The van der Waals surface area contributed by atoms with E-state index in [0.29, 0.717) is 6.04 Å². The van der Waals surface area contributed by atoms with Crippen LogP contribution in [0.4, 0.5) is 5.82 Å². The SMILES string of the molecule is CCCNC(C)C1CCCN(c2cccc(C)n2)C1. The minimum absolute atomic E-state index is 0.604. The van der Waals surface area contributed by atoms with Gasteiger partial charge in [-0.15, -0.1) is 0 Å². The molecular formula is C16H27N3. The summed E-state index contributed by atoms with van der Waals surface area (Å²) >= 11 is 0. The van der Waals surface area contributed by atoms with E-state index in [4.69, 9.17) is 0 Å². The molecule has 1 aliphatic heterocycles. The maximum Gasteiger partial charge on any atom is 0.128 e. The highest BCUT2D eigenvalue weighted by molar-refractivity contribution is 5.39. The van der Waals surface area contributed by atoms with Gasteiger partial charge in [0.05, 0.1) is 0 Å². The Hall–Kier alpha value is -1.09. The lowest BCUT2D eigenvalue weighted by atomic mass is 9.91. The first kappa shape index (κ1) is 14.3. The van der Waals surface area contributed by atoms with Gasteiger partial charge in [0.25, 0.3) is 0 Å². The molecule has 1 N–H and O–H groups in total. The molecule has 0 aliphatic carbocycles. The second-order valence-electron chi connectivity index (χ2n) is 5.73. The lowest BCUT2D eigenvalue weighted by Gasteiger charge is -2.37. The standard InChI is InChI=1S/C16H27N3/c1-4-10-17-14(3)15-8-6-11-19(12-15)16-9-5-7-13(2)18-16/h5,7,9,14-15,17H,4,6,8,10-12H2,1-3H3. The van der Waals surface area contributed by atoms with Gasteiger partial charge in [0, 0.05) is 24.8 Å². The fourth-order valence-electron chi connectivity index (χ4n) is 2.87. The Labute approximate surface area is 117 Å². The van der Waals surface area contributed by atoms with Gasteiger partial charge in [0.1, 0.15) is 5.82 Å². The fraction of sp³-hybridized carbons (Fsp3) is 0.688. The Kier molecular flexibility index (Phi) is 5.20. The average molecular weight is 261 g/mol. The third-order valence-electron chi connectivity index (χ3n) is 4.08. The summed E-state index contributed by atoms with van der Waals surface area (Å²) in [5.41, 5.74) is 1.11. The van der Waals surface area contributed by atoms with Crippen LogP contribution in [0.1, 0.15) is 38.8 Å². The topological polar surface area (TPSA) is 28.2 Å². The van der Waals surface area contributed by atoms with Crippen molar-refractivity contribution in [3.63, 3.8) is 0 Å². The van der Waals surface area contributed by atoms with E-state index in [2.05, 4.69) is 54.2 Å². The predicted octanol–water partition coefficient (Wildman–Crippen LogP) is 2.99. The largest absolute Gasteiger partial charge is 0.356 e. The fourth-order valence-corrected chi connectivity index (χ4v) is 2.87. The van der Waals surface area contributed by atoms with Gasteiger partial charge in [-0.25, -0.2) is 4.98 Å². The number of anilines is 1. The third-order valence-corrected chi connectivity index (χ3v) is 4.08. The number of rotatable bonds is 5. The van der Waals surface area contributed by atoms with Gasteiger partial charge in [-0.3, -0.25) is 0 Å². The number of nitrogens with zero attached hydrogens (tertiary/aromatic N) is 2. The van der Waals surface area contributed by atoms with Crippen molar-refractivity contribution in [2.75, 3.05) is 24.5 Å². The first-order chi connectivity index (χ1) is 9.20. The molecule has 0 amide bonds. The second kappa shape index (κ2) is 6.90. The smallest absolute Gasteiger partial charge is 0.128 e. The van der Waals surface area contributed by atoms with Gasteiger partial charge in [-0.05, 0) is 57.7 Å². The van der Waals surface area contributed by atoms with Crippen molar-refractivity contribution in [2.24, 2.45) is 5.92 Å². The summed E-state index contributed by atoms with van der Waals surface area (Å²) in [4.78, 5) is 7.11. The first-order valence-corrected chi connectivity index (χ1v) is 7.62. The molecule has 1 fully saturated rings. The molecule has 0 radical (unpaired) electrons. The van der Waals surface area contributed by atoms with E-state index >= 15 is 0 Å². The third kappa shape index (κ3) is 3.93. The Morgan fingerprint density at radius 2 is 2.32 bits per heavy atom. The molecule has 2 heterocycles. The Morgan fingerprint density at radius 1 is 1.47 bits per heavy atom. The zero-order valence-electron chi connectivity index (χ0n) is 12.5. The average Bonchev–Trinajstić information content (AvgIpc) is 2.45. The monoisotopic (exact) mass is 261 g/mol. The molecule has 19 heavy (non-hydrogen) atoms. The van der Waals surface area contributed by atoms with Crippen molar-refractivity contribution >= 4 is 5.82 Å². The number of nitrogens with one attached hydrogen (secondary N) is 1. The highest BCUT2D eigenvalue weighted by atomic mass is 15.2. The van der Waals surface area contributed by atoms with E-state index in [1.54, 1.807) is 0 Å². The van der Waals surface area contributed by atoms with Crippen LogP contribution >= 0.6 is 0 Å². The molecule has 1 aromatic heterocycles. The first-order valence-electron chi connectivity index (χ1n) is 7.62. The summed E-state index contributed by atoms with van der Waals surface area (Å²) in [5.74, 6) is 1.88. The van der Waals surface area contributed by atoms with Crippen LogP contribution in [0.15, 0.2) is 18.2 Å². The Bertz CT molecular complexity index is 391. The highest BCUT2D eigenvalue weighted by Gasteiger charge is 2.24. The number of pyridine rings is 1. The van der Waals surface area contributed by atoms with Crippen LogP contribution in [0.2, 0.25) is 0 Å². The normalized spacial score (nSPS) is 21.4. The number of piperidine rings is 1. The molecule has 1 aliphatic rings. The van der Waals surface area contributed by atoms with Crippen LogP contribution in [0.5, 0.6) is 0 Å². The molecule has 0 aromatic carbocycles. The lowest BCUT2D eigenvalue weighted by Crippen LogP contribution is -2.45. The van der Waals surface area contributed by atoms with E-state index in [9.17, 15) is 0 Å². The summed E-state index contributed by atoms with van der Waals surface area (Å²) in [5, 5.41) is 3.64. The quantitative estimate of drug-likeness (QED) is 0.883. The molecule has 1 saturated heterocycles. The number of aryl methyl sites for hydroxylation is 1. The van der Waals surface area contributed by atoms with Crippen LogP contribution in [0.25, 0.3) is 0 Å². The van der Waals surface area contributed by atoms with Crippen LogP contribution in [0, 0.1) is 12.8 Å². The Morgan fingerprint density at radius 3 is 3.05 bits per heavy atom. The van der Waals surface area contributed by atoms with Crippen LogP contribution in [-0.4, -0.2) is 30.7 Å². The van der Waals surface area contributed by atoms with E-state index in [1.165, 1.54) is 19.3 Å². The summed E-state index contributed by atoms with van der Waals surface area (Å²) in [6.07, 6.45) is 3.82. The lowest BCUT2D eigenvalue weighted by molar-refractivity contribution is 0.320. The minimum Gasteiger partial charge on any atom is -0.356 e. The molecule has 1 aromatic rings. The number of hydrogen-bond acceptors (Lipinski definition) is 3. The van der Waals surface area contributed by atoms with Gasteiger partial charge >= 0.3 is 0 Å². The van der Waals surface area contributed by atoms with Crippen LogP contribution in [0.3, 0.4) is 0 Å². The molecule has 3 heteroatoms. The molecule has 0 bridgehead atoms. The zero-order chi connectivity index (χ0) is 13.7. The van der Waals surface area contributed by atoms with Crippen molar-refractivity contribution in [2.45, 2.75) is 46.1 Å². The summed E-state index contributed by atoms with van der Waals surface area (Å²) in [7, 11) is 0. The molecule has 2 atom stereocenters. The van der Waals surface area contributed by atoms with Crippen molar-refractivity contribution in [3.8, 4) is 0 Å². The van der Waals surface area contributed by atoms with E-state index in [-0.39, 0.29) is 0 Å². The summed E-state index contributed by atoms with van der Waals surface area (Å²) in [6.45, 7) is 10.0. The molecule has 106 valence electrons. The summed E-state index contributed by atoms with van der Waals surface area (Å²) < 4.78 is 0. The summed E-state index contributed by atoms with van der Waals surface area (Å²) in [6, 6.07) is 6.92. The number of aromatic nitrogens is 1. The molecule has 0 saturated carbocycles. The second-order valence-corrected chi connectivity index (χ2v) is 5.73. The molecule has 2 rings (SSSR count). The zero-order valence-corrected chi connectivity index (χ0v) is 12.5. The van der Waals surface area contributed by atoms with Crippen molar-refractivity contribution < 1.29 is 0 Å². The highest BCUT2D eigenvalue weighted by Crippen LogP contribution is 2.23. The van der Waals surface area contributed by atoms with E-state index < -0.39 is 0 Å². The van der Waals surface area contributed by atoms with Crippen molar-refractivity contribution in [1.29, 1.82) is 0 Å². The minimum atomic E-state index is 0.604. The van der Waals surface area contributed by atoms with Crippen LogP contribution in [-0.2, 0) is 0 Å². The molecule has 3 nitrogen and oxygen atoms in total. The van der Waals surface area contributed by atoms with Crippen LogP contribution < -0.4 is 10.2 Å². The van der Waals surface area contributed by atoms with E-state index in [0.717, 1.165) is 37.1 Å². The van der Waals surface area contributed by atoms with Crippen molar-refractivity contribution in [1.82, 2.24) is 10.3 Å². The predicted molar refractivity (Wildman–Crippen MR) is 81.7 cm³/mol. The number of hydrogen-bond donors (Lipinski definition) is 1. The molecular weight excluding hydrogens is 234 g/mol. The maximum atomic E-state index is 4.66. The van der Waals surface area contributed by atoms with Gasteiger partial charge < -0.3 is 10.2 Å². The van der Waals surface area contributed by atoms with E-state index in [1.807, 2.05) is 0 Å². The maximum absolute atomic E-state index is 4.66. The van der Waals surface area contributed by atoms with Gasteiger partial charge in [0.2, 0.25) is 0 Å². The molecule has 0 spiro atoms. The van der Waals surface area contributed by atoms with Crippen molar-refractivity contribution in [3.05, 3.63) is 23.9 Å². The van der Waals surface area contributed by atoms with Gasteiger partial charge in [0.15, 0.2) is 0 Å². The van der Waals surface area contributed by atoms with Gasteiger partial charge in [-0.2, -0.15) is 0 Å². The molecule has 2 unspecified atom stereocenters. The Balaban J connectivity index is 1.97. The van der Waals surface area contributed by atoms with Gasteiger partial charge in [-0.1, -0.05) is 13.0 Å².